The SMILES string of the molecule is C=C[C](N)C(C)=O. The molecule has 0 rings (SSSR count). The van der Waals surface area contributed by atoms with Crippen LogP contribution in [0.15, 0.2) is 12.7 Å². The van der Waals surface area contributed by atoms with Crippen molar-refractivity contribution in [3.63, 3.8) is 0 Å². The summed E-state index contributed by atoms with van der Waals surface area (Å²) in [7, 11) is 0. The minimum Gasteiger partial charge on any atom is -0.314 e. The number of Topliss-reactive ketones (excluding diaryl/α,β-unsaturated/α-hetero) is 1. The van der Waals surface area contributed by atoms with Crippen molar-refractivity contribution in [1.82, 2.24) is 0 Å². The van der Waals surface area contributed by atoms with Gasteiger partial charge in [0, 0.05) is 0 Å². The van der Waals surface area contributed by atoms with Crippen molar-refractivity contribution in [3.05, 3.63) is 18.7 Å². The fourth-order valence-corrected chi connectivity index (χ4v) is 0.144. The van der Waals surface area contributed by atoms with Gasteiger partial charge >= 0.3 is 0 Å². The van der Waals surface area contributed by atoms with Crippen molar-refractivity contribution >= 4 is 5.78 Å². The molecule has 0 heterocycles. The van der Waals surface area contributed by atoms with Crippen molar-refractivity contribution in [1.29, 1.82) is 0 Å². The van der Waals surface area contributed by atoms with E-state index in [4.69, 9.17) is 5.73 Å². The molecular formula is C5H8NO. The smallest absolute Gasteiger partial charge is 0.156 e. The molecule has 0 aliphatic rings. The first kappa shape index (κ1) is 6.37. The van der Waals surface area contributed by atoms with Gasteiger partial charge in [0.1, 0.15) is 6.04 Å². The van der Waals surface area contributed by atoms with Gasteiger partial charge in [-0.05, 0) is 6.92 Å². The van der Waals surface area contributed by atoms with Crippen molar-refractivity contribution in [2.75, 3.05) is 0 Å². The van der Waals surface area contributed by atoms with Crippen LogP contribution in [-0.2, 0) is 4.79 Å². The van der Waals surface area contributed by atoms with Gasteiger partial charge in [-0.1, -0.05) is 6.08 Å². The lowest BCUT2D eigenvalue weighted by Crippen LogP contribution is -2.14. The number of hydrogen-bond acceptors (Lipinski definition) is 2. The highest BCUT2D eigenvalue weighted by molar-refractivity contribution is 5.91. The Morgan fingerprint density at radius 3 is 2.29 bits per heavy atom. The van der Waals surface area contributed by atoms with Gasteiger partial charge in [0.2, 0.25) is 0 Å². The quantitative estimate of drug-likeness (QED) is 0.538. The Hall–Kier alpha value is -0.630. The molecule has 0 aliphatic carbocycles. The highest BCUT2D eigenvalue weighted by Gasteiger charge is 2.00. The number of carbonyl (C=O) groups is 1. The van der Waals surface area contributed by atoms with E-state index in [1.165, 1.54) is 13.0 Å². The van der Waals surface area contributed by atoms with Gasteiger partial charge in [-0.2, -0.15) is 0 Å². The van der Waals surface area contributed by atoms with Crippen LogP contribution in [0.2, 0.25) is 0 Å². The summed E-state index contributed by atoms with van der Waals surface area (Å²) >= 11 is 0. The second-order valence-electron chi connectivity index (χ2n) is 1.22. The number of rotatable bonds is 2. The zero-order valence-corrected chi connectivity index (χ0v) is 4.27. The molecule has 0 spiro atoms. The largest absolute Gasteiger partial charge is 0.314 e. The lowest BCUT2D eigenvalue weighted by molar-refractivity contribution is -0.114. The van der Waals surface area contributed by atoms with Gasteiger partial charge < -0.3 is 5.73 Å². The van der Waals surface area contributed by atoms with Crippen LogP contribution in [0.4, 0.5) is 0 Å². The van der Waals surface area contributed by atoms with Crippen molar-refractivity contribution in [2.24, 2.45) is 5.73 Å². The fraction of sp³-hybridized carbons (Fsp3) is 0.200. The van der Waals surface area contributed by atoms with Gasteiger partial charge in [-0.3, -0.25) is 4.79 Å². The molecule has 0 atom stereocenters. The van der Waals surface area contributed by atoms with E-state index < -0.39 is 0 Å². The summed E-state index contributed by atoms with van der Waals surface area (Å²) in [6, 6.07) is 0.222. The highest BCUT2D eigenvalue weighted by Crippen LogP contribution is 1.88. The van der Waals surface area contributed by atoms with Crippen LogP contribution in [0.5, 0.6) is 0 Å². The maximum absolute atomic E-state index is 10.1. The number of ketones is 1. The van der Waals surface area contributed by atoms with Crippen LogP contribution in [-0.4, -0.2) is 5.78 Å². The normalized spacial score (nSPS) is 9.00. The molecule has 0 aromatic rings. The Morgan fingerprint density at radius 2 is 2.29 bits per heavy atom. The van der Waals surface area contributed by atoms with E-state index in [0.717, 1.165) is 0 Å². The zero-order valence-electron chi connectivity index (χ0n) is 4.27. The highest BCUT2D eigenvalue weighted by atomic mass is 16.1. The molecule has 2 nitrogen and oxygen atoms in total. The average molecular weight is 98.1 g/mol. The lowest BCUT2D eigenvalue weighted by atomic mass is 10.2. The summed E-state index contributed by atoms with van der Waals surface area (Å²) < 4.78 is 0. The molecule has 1 radical (unpaired) electrons. The number of nitrogens with two attached hydrogens (primary N) is 1. The monoisotopic (exact) mass is 98.1 g/mol. The molecule has 2 heteroatoms. The topological polar surface area (TPSA) is 43.1 Å². The van der Waals surface area contributed by atoms with Gasteiger partial charge in [-0.15, -0.1) is 6.58 Å². The molecule has 7 heavy (non-hydrogen) atoms. The number of carbonyl (C=O) groups excluding carboxylic acids is 1. The third-order valence-corrected chi connectivity index (χ3v) is 0.626. The van der Waals surface area contributed by atoms with Gasteiger partial charge in [0.15, 0.2) is 5.78 Å². The molecule has 0 amide bonds. The zero-order chi connectivity index (χ0) is 5.86. The van der Waals surface area contributed by atoms with E-state index in [2.05, 4.69) is 6.58 Å². The summed E-state index contributed by atoms with van der Waals surface area (Å²) in [6.07, 6.45) is 1.34. The molecule has 39 valence electrons. The molecule has 0 saturated heterocycles. The number of hydrogen-bond donors (Lipinski definition) is 1. The predicted octanol–water partition coefficient (Wildman–Crippen LogP) is 0.252. The van der Waals surface area contributed by atoms with Crippen LogP contribution < -0.4 is 5.73 Å². The van der Waals surface area contributed by atoms with Crippen LogP contribution >= 0.6 is 0 Å². The van der Waals surface area contributed by atoms with Crippen LogP contribution in [0.1, 0.15) is 6.92 Å². The minimum absolute atomic E-state index is 0.130. The maximum atomic E-state index is 10.1. The molecule has 0 saturated carbocycles. The first-order valence-electron chi connectivity index (χ1n) is 1.94. The fourth-order valence-electron chi connectivity index (χ4n) is 0.144. The van der Waals surface area contributed by atoms with Crippen molar-refractivity contribution < 1.29 is 4.79 Å². The summed E-state index contributed by atoms with van der Waals surface area (Å²) in [6.45, 7) is 4.70. The molecule has 0 aromatic carbocycles. The molecule has 0 bridgehead atoms. The first-order chi connectivity index (χ1) is 3.18. The Labute approximate surface area is 43.0 Å². The second-order valence-corrected chi connectivity index (χ2v) is 1.22. The van der Waals surface area contributed by atoms with Crippen LogP contribution in [0, 0.1) is 6.04 Å². The third kappa shape index (κ3) is 2.11. The van der Waals surface area contributed by atoms with Crippen molar-refractivity contribution in [3.8, 4) is 0 Å². The lowest BCUT2D eigenvalue weighted by Gasteiger charge is -1.92. The van der Waals surface area contributed by atoms with Crippen molar-refractivity contribution in [2.45, 2.75) is 6.92 Å². The molecule has 0 aromatic heterocycles. The Bertz CT molecular complexity index is 88.1. The summed E-state index contributed by atoms with van der Waals surface area (Å²) in [5.41, 5.74) is 5.06. The summed E-state index contributed by atoms with van der Waals surface area (Å²) in [4.78, 5) is 10.1. The van der Waals surface area contributed by atoms with E-state index in [0.29, 0.717) is 0 Å². The van der Waals surface area contributed by atoms with Crippen LogP contribution in [0.3, 0.4) is 0 Å². The third-order valence-electron chi connectivity index (χ3n) is 0.626. The minimum atomic E-state index is -0.130. The standard InChI is InChI=1S/C5H8NO/c1-3-5(6)4(2)7/h3H,1,6H2,2H3. The first-order valence-corrected chi connectivity index (χ1v) is 1.94. The summed E-state index contributed by atoms with van der Waals surface area (Å²) in [5, 5.41) is 0. The van der Waals surface area contributed by atoms with E-state index in [9.17, 15) is 4.79 Å². The maximum Gasteiger partial charge on any atom is 0.156 e. The van der Waals surface area contributed by atoms with E-state index >= 15 is 0 Å². The molecule has 2 N–H and O–H groups in total. The van der Waals surface area contributed by atoms with E-state index in [1.807, 2.05) is 0 Å². The second kappa shape index (κ2) is 2.53. The molecule has 0 unspecified atom stereocenters. The Kier molecular flexibility index (Phi) is 2.30. The summed E-state index contributed by atoms with van der Waals surface area (Å²) in [5.74, 6) is -0.130. The molecular weight excluding hydrogens is 90.1 g/mol. The Morgan fingerprint density at radius 1 is 1.86 bits per heavy atom. The van der Waals surface area contributed by atoms with E-state index in [1.54, 1.807) is 0 Å². The van der Waals surface area contributed by atoms with Gasteiger partial charge in [0.25, 0.3) is 0 Å². The Balaban J connectivity index is 3.55. The average Bonchev–Trinajstić information content (AvgIpc) is 1.65. The molecule has 0 fully saturated rings. The van der Waals surface area contributed by atoms with Gasteiger partial charge in [0.05, 0.1) is 0 Å². The van der Waals surface area contributed by atoms with Crippen LogP contribution in [0.25, 0.3) is 0 Å². The van der Waals surface area contributed by atoms with Gasteiger partial charge in [-0.25, -0.2) is 0 Å². The van der Waals surface area contributed by atoms with E-state index in [-0.39, 0.29) is 11.8 Å². The predicted molar refractivity (Wildman–Crippen MR) is 28.3 cm³/mol. The molecule has 0 aliphatic heterocycles.